The summed E-state index contributed by atoms with van der Waals surface area (Å²) in [5, 5.41) is 0. The van der Waals surface area contributed by atoms with Gasteiger partial charge in [0.2, 0.25) is 0 Å². The summed E-state index contributed by atoms with van der Waals surface area (Å²) in [4.78, 5) is 0. The minimum Gasteiger partial charge on any atom is -0.456 e. The van der Waals surface area contributed by atoms with Crippen LogP contribution in [0.4, 0.5) is 0 Å². The van der Waals surface area contributed by atoms with Gasteiger partial charge in [0.25, 0.3) is 0 Å². The molecular formula is C19H51NO2Si5. The van der Waals surface area contributed by atoms with E-state index in [0.29, 0.717) is 0 Å². The van der Waals surface area contributed by atoms with Gasteiger partial charge in [0.15, 0.2) is 25.0 Å². The first kappa shape index (κ1) is 28.0. The average Bonchev–Trinajstić information content (AvgIpc) is 2.38. The minimum absolute atomic E-state index is 0.854. The van der Waals surface area contributed by atoms with Gasteiger partial charge in [0, 0.05) is 6.61 Å². The second kappa shape index (κ2) is 10.3. The zero-order valence-electron chi connectivity index (χ0n) is 21.0. The van der Waals surface area contributed by atoms with Crippen molar-refractivity contribution in [1.29, 1.82) is 0 Å². The monoisotopic (exact) mass is 465 g/mol. The van der Waals surface area contributed by atoms with E-state index in [1.807, 2.05) is 0 Å². The molecule has 0 amide bonds. The average molecular weight is 466 g/mol. The molecular weight excluding hydrogens is 415 g/mol. The zero-order valence-corrected chi connectivity index (χ0v) is 26.0. The summed E-state index contributed by atoms with van der Waals surface area (Å²) in [6, 6.07) is 3.78. The largest absolute Gasteiger partial charge is 0.456 e. The van der Waals surface area contributed by atoms with Crippen LogP contribution in [0.1, 0.15) is 13.3 Å². The van der Waals surface area contributed by atoms with Crippen LogP contribution in [0, 0.1) is 0 Å². The Morgan fingerprint density at radius 3 is 1.41 bits per heavy atom. The first-order chi connectivity index (χ1) is 11.8. The number of hydrogen-bond donors (Lipinski definition) is 0. The highest BCUT2D eigenvalue weighted by Crippen LogP contribution is 2.28. The Morgan fingerprint density at radius 2 is 1.00 bits per heavy atom. The Balaban J connectivity index is 4.70. The van der Waals surface area contributed by atoms with Crippen LogP contribution in [0.3, 0.4) is 0 Å². The van der Waals surface area contributed by atoms with Crippen molar-refractivity contribution in [1.82, 2.24) is 4.23 Å². The van der Waals surface area contributed by atoms with E-state index in [9.17, 15) is 0 Å². The van der Waals surface area contributed by atoms with Gasteiger partial charge in [-0.1, -0.05) is 39.3 Å². The summed E-state index contributed by atoms with van der Waals surface area (Å²) in [5.41, 5.74) is 0. The van der Waals surface area contributed by atoms with Crippen LogP contribution in [0.5, 0.6) is 0 Å². The number of rotatable bonds is 13. The molecule has 0 saturated carbocycles. The van der Waals surface area contributed by atoms with Crippen LogP contribution in [0.25, 0.3) is 0 Å². The van der Waals surface area contributed by atoms with E-state index >= 15 is 0 Å². The van der Waals surface area contributed by atoms with Gasteiger partial charge in [-0.3, -0.25) is 0 Å². The molecule has 0 heterocycles. The molecule has 27 heavy (non-hydrogen) atoms. The van der Waals surface area contributed by atoms with Crippen molar-refractivity contribution >= 4 is 41.4 Å². The van der Waals surface area contributed by atoms with Gasteiger partial charge >= 0.3 is 0 Å². The van der Waals surface area contributed by atoms with Crippen molar-refractivity contribution in [3.8, 4) is 0 Å². The van der Waals surface area contributed by atoms with Crippen molar-refractivity contribution in [2.45, 2.75) is 110 Å². The Morgan fingerprint density at radius 1 is 0.593 bits per heavy atom. The van der Waals surface area contributed by atoms with Crippen LogP contribution in [-0.2, 0) is 8.54 Å². The molecule has 0 radical (unpaired) electrons. The molecule has 0 fully saturated rings. The maximum atomic E-state index is 6.90. The molecule has 0 aliphatic heterocycles. The maximum Gasteiger partial charge on any atom is 0.186 e. The molecule has 3 nitrogen and oxygen atoms in total. The second-order valence-corrected chi connectivity index (χ2v) is 35.3. The SMILES string of the molecule is CCO[Si](C)(C)CC[Si](C)(C)O[Si](C)(C)CCCN([Si](C)(C)C)[Si](C)(C)C. The fourth-order valence-electron chi connectivity index (χ4n) is 4.25. The fourth-order valence-corrected chi connectivity index (χ4v) is 27.5. The lowest BCUT2D eigenvalue weighted by atomic mass is 10.5. The molecule has 0 bridgehead atoms. The van der Waals surface area contributed by atoms with Crippen molar-refractivity contribution in [3.05, 3.63) is 0 Å². The molecule has 0 aliphatic carbocycles. The standard InChI is InChI=1S/C19H51NO2Si5/c1-14-21-25(8,9)18-19-27(12,13)22-26(10,11)17-15-16-20(23(2,3)4)24(5,6)7/h14-19H2,1-13H3. The molecule has 0 rings (SSSR count). The molecule has 0 aromatic heterocycles. The van der Waals surface area contributed by atoms with E-state index in [1.165, 1.54) is 31.1 Å². The maximum absolute atomic E-state index is 6.90. The molecule has 0 atom stereocenters. The second-order valence-electron chi connectivity index (χ2n) is 11.9. The van der Waals surface area contributed by atoms with Gasteiger partial charge in [-0.05, 0) is 77.3 Å². The third-order valence-corrected chi connectivity index (χ3v) is 23.4. The van der Waals surface area contributed by atoms with Crippen LogP contribution in [-0.4, -0.2) is 58.8 Å². The van der Waals surface area contributed by atoms with Gasteiger partial charge in [0.1, 0.15) is 16.5 Å². The lowest BCUT2D eigenvalue weighted by Gasteiger charge is -2.44. The highest BCUT2D eigenvalue weighted by atomic mass is 28.4. The van der Waals surface area contributed by atoms with E-state index in [2.05, 4.69) is 89.7 Å². The lowest BCUT2D eigenvalue weighted by Crippen LogP contribution is -2.59. The highest BCUT2D eigenvalue weighted by molar-refractivity contribution is 6.89. The first-order valence-corrected chi connectivity index (χ1v) is 27.2. The smallest absolute Gasteiger partial charge is 0.186 e. The molecule has 0 unspecified atom stereocenters. The van der Waals surface area contributed by atoms with Gasteiger partial charge in [-0.15, -0.1) is 0 Å². The number of hydrogen-bond acceptors (Lipinski definition) is 3. The Bertz CT molecular complexity index is 428. The summed E-state index contributed by atoms with van der Waals surface area (Å²) in [7, 11) is -7.18. The predicted molar refractivity (Wildman–Crippen MR) is 138 cm³/mol. The molecule has 164 valence electrons. The molecule has 0 spiro atoms. The third-order valence-electron chi connectivity index (χ3n) is 5.20. The van der Waals surface area contributed by atoms with E-state index in [-0.39, 0.29) is 0 Å². The van der Waals surface area contributed by atoms with E-state index < -0.39 is 41.4 Å². The lowest BCUT2D eigenvalue weighted by molar-refractivity contribution is 0.329. The summed E-state index contributed by atoms with van der Waals surface area (Å²) >= 11 is 0. The van der Waals surface area contributed by atoms with Crippen LogP contribution in [0.15, 0.2) is 0 Å². The first-order valence-electron chi connectivity index (χ1n) is 10.9. The summed E-state index contributed by atoms with van der Waals surface area (Å²) in [6.45, 7) is 33.7. The Labute approximate surface area is 177 Å². The Hall–Kier alpha value is 0.964. The van der Waals surface area contributed by atoms with E-state index in [0.717, 1.165) is 6.61 Å². The molecule has 0 aliphatic rings. The molecule has 0 saturated heterocycles. The molecule has 0 aromatic carbocycles. The van der Waals surface area contributed by atoms with E-state index in [1.54, 1.807) is 0 Å². The van der Waals surface area contributed by atoms with Gasteiger partial charge in [-0.25, -0.2) is 0 Å². The third kappa shape index (κ3) is 12.3. The van der Waals surface area contributed by atoms with Crippen molar-refractivity contribution in [2.24, 2.45) is 0 Å². The normalized spacial score (nSPS) is 14.9. The summed E-state index contributed by atoms with van der Waals surface area (Å²) < 4.78 is 15.8. The van der Waals surface area contributed by atoms with Crippen LogP contribution in [0.2, 0.25) is 96.7 Å². The molecule has 0 N–H and O–H groups in total. The minimum atomic E-state index is -1.61. The molecule has 0 aromatic rings. The summed E-state index contributed by atoms with van der Waals surface area (Å²) in [5.74, 6) is 0. The predicted octanol–water partition coefficient (Wildman–Crippen LogP) is 7.02. The van der Waals surface area contributed by atoms with Crippen molar-refractivity contribution < 1.29 is 8.54 Å². The fraction of sp³-hybridized carbons (Fsp3) is 1.00. The van der Waals surface area contributed by atoms with Crippen LogP contribution >= 0.6 is 0 Å². The number of nitrogens with zero attached hydrogens (tertiary/aromatic N) is 1. The Kier molecular flexibility index (Phi) is 10.7. The quantitative estimate of drug-likeness (QED) is 0.273. The van der Waals surface area contributed by atoms with Crippen molar-refractivity contribution in [2.75, 3.05) is 13.2 Å². The van der Waals surface area contributed by atoms with Crippen LogP contribution < -0.4 is 0 Å². The zero-order chi connectivity index (χ0) is 21.7. The van der Waals surface area contributed by atoms with Gasteiger partial charge in [0.05, 0.1) is 0 Å². The van der Waals surface area contributed by atoms with Gasteiger partial charge < -0.3 is 12.8 Å². The topological polar surface area (TPSA) is 21.7 Å². The highest BCUT2D eigenvalue weighted by Gasteiger charge is 2.37. The van der Waals surface area contributed by atoms with Gasteiger partial charge in [-0.2, -0.15) is 0 Å². The molecule has 8 heteroatoms. The summed E-state index contributed by atoms with van der Waals surface area (Å²) in [6.07, 6.45) is 1.30. The van der Waals surface area contributed by atoms with E-state index in [4.69, 9.17) is 8.54 Å². The van der Waals surface area contributed by atoms with Crippen molar-refractivity contribution in [3.63, 3.8) is 0 Å².